The second-order valence-electron chi connectivity index (χ2n) is 9.30. The second-order valence-corrected chi connectivity index (χ2v) is 11.9. The van der Waals surface area contributed by atoms with Crippen LogP contribution in [0.25, 0.3) is 0 Å². The van der Waals surface area contributed by atoms with Crippen LogP contribution in [0.4, 0.5) is 0 Å². The lowest BCUT2D eigenvalue weighted by atomic mass is 9.96. The number of amides is 3. The molecule has 12 heteroatoms. The first-order chi connectivity index (χ1) is 17.7. The van der Waals surface area contributed by atoms with Gasteiger partial charge >= 0.3 is 5.97 Å². The Morgan fingerprint density at radius 1 is 1.00 bits per heavy atom. The Bertz CT molecular complexity index is 940. The minimum absolute atomic E-state index is 0.161. The van der Waals surface area contributed by atoms with Gasteiger partial charge in [-0.25, -0.2) is 0 Å². The largest absolute Gasteiger partial charge is 0.456 e. The first-order valence-corrected chi connectivity index (χ1v) is 15.0. The minimum atomic E-state index is -1.27. The van der Waals surface area contributed by atoms with Gasteiger partial charge in [-0.2, -0.15) is 0 Å². The van der Waals surface area contributed by atoms with E-state index >= 15 is 0 Å². The summed E-state index contributed by atoms with van der Waals surface area (Å²) in [5.74, 6) is -1.04. The zero-order valence-corrected chi connectivity index (χ0v) is 22.7. The van der Waals surface area contributed by atoms with Crippen molar-refractivity contribution in [2.75, 3.05) is 11.5 Å². The fraction of sp³-hybridized carbons (Fsp3) is 0.600. The van der Waals surface area contributed by atoms with Gasteiger partial charge in [0.1, 0.15) is 30.5 Å². The maximum absolute atomic E-state index is 13.4. The summed E-state index contributed by atoms with van der Waals surface area (Å²) >= 11 is 0. The Labute approximate surface area is 225 Å². The molecule has 0 saturated carbocycles. The molecule has 0 aromatic carbocycles. The molecule has 1 fully saturated rings. The predicted molar refractivity (Wildman–Crippen MR) is 144 cm³/mol. The number of aliphatic hydroxyl groups excluding tert-OH is 1. The van der Waals surface area contributed by atoms with Crippen molar-refractivity contribution >= 4 is 45.3 Å². The highest BCUT2D eigenvalue weighted by Gasteiger charge is 2.32. The number of ether oxygens (including phenoxy) is 1. The van der Waals surface area contributed by atoms with Crippen molar-refractivity contribution < 1.29 is 29.0 Å². The number of aliphatic hydroxyl groups is 1. The number of nitrogens with one attached hydrogen (secondary N) is 4. The average Bonchev–Trinajstić information content (AvgIpc) is 2.86. The van der Waals surface area contributed by atoms with E-state index in [1.807, 2.05) is 24.3 Å². The molecule has 37 heavy (non-hydrogen) atoms. The molecule has 0 radical (unpaired) electrons. The molecule has 2 bridgehead atoms. The van der Waals surface area contributed by atoms with E-state index in [2.05, 4.69) is 21.3 Å². The molecular weight excluding hydrogens is 516 g/mol. The third-order valence-electron chi connectivity index (χ3n) is 6.16. The first-order valence-electron chi connectivity index (χ1n) is 12.5. The summed E-state index contributed by atoms with van der Waals surface area (Å²) in [7, 11) is 3.01. The van der Waals surface area contributed by atoms with Gasteiger partial charge in [0.05, 0.1) is 12.5 Å². The van der Waals surface area contributed by atoms with Crippen molar-refractivity contribution in [3.8, 4) is 0 Å². The second kappa shape index (κ2) is 14.6. The van der Waals surface area contributed by atoms with Crippen molar-refractivity contribution in [2.24, 2.45) is 0 Å². The quantitative estimate of drug-likeness (QED) is 0.193. The molecule has 6 atom stereocenters. The smallest absolute Gasteiger partial charge is 0.323 e. The Morgan fingerprint density at radius 3 is 2.57 bits per heavy atom. The summed E-state index contributed by atoms with van der Waals surface area (Å²) in [4.78, 5) is 51.7. The van der Waals surface area contributed by atoms with Gasteiger partial charge in [-0.15, -0.1) is 0 Å². The lowest BCUT2D eigenvalue weighted by Crippen LogP contribution is -2.59. The zero-order chi connectivity index (χ0) is 26.8. The van der Waals surface area contributed by atoms with Crippen molar-refractivity contribution in [1.29, 1.82) is 0 Å². The highest BCUT2D eigenvalue weighted by Crippen LogP contribution is 2.24. The summed E-state index contributed by atoms with van der Waals surface area (Å²) in [6.07, 6.45) is 9.92. The van der Waals surface area contributed by atoms with Gasteiger partial charge in [-0.05, 0) is 45.6 Å². The SMILES string of the molecule is CC1NC(=O)CC2/C=C/CCSSCC(NC1=O)C(=O)NC(CC1=CC=CCC1)C(O)NC(C)C(=O)O2. The van der Waals surface area contributed by atoms with Crippen molar-refractivity contribution in [3.63, 3.8) is 0 Å². The predicted octanol–water partition coefficient (Wildman–Crippen LogP) is 1.08. The fourth-order valence-corrected chi connectivity index (χ4v) is 6.19. The van der Waals surface area contributed by atoms with Crippen LogP contribution in [0.15, 0.2) is 36.0 Å². The number of hydrogen-bond acceptors (Lipinski definition) is 9. The van der Waals surface area contributed by atoms with Crippen LogP contribution in [-0.4, -0.2) is 76.8 Å². The van der Waals surface area contributed by atoms with Crippen LogP contribution in [0, 0.1) is 0 Å². The topological polar surface area (TPSA) is 146 Å². The highest BCUT2D eigenvalue weighted by molar-refractivity contribution is 8.76. The summed E-state index contributed by atoms with van der Waals surface area (Å²) in [6, 6.07) is -3.45. The van der Waals surface area contributed by atoms with Gasteiger partial charge in [0.2, 0.25) is 17.7 Å². The van der Waals surface area contributed by atoms with Gasteiger partial charge in [0.15, 0.2) is 0 Å². The van der Waals surface area contributed by atoms with Crippen LogP contribution in [0.3, 0.4) is 0 Å². The van der Waals surface area contributed by atoms with E-state index in [-0.39, 0.29) is 6.42 Å². The Morgan fingerprint density at radius 2 is 1.81 bits per heavy atom. The molecule has 0 aromatic rings. The summed E-state index contributed by atoms with van der Waals surface area (Å²) in [6.45, 7) is 3.09. The number of rotatable bonds is 2. The van der Waals surface area contributed by atoms with Crippen LogP contribution < -0.4 is 21.3 Å². The molecular formula is C25H36N4O6S2. The van der Waals surface area contributed by atoms with Gasteiger partial charge in [-0.1, -0.05) is 51.5 Å². The maximum Gasteiger partial charge on any atom is 0.323 e. The van der Waals surface area contributed by atoms with Crippen molar-refractivity contribution in [1.82, 2.24) is 21.3 Å². The van der Waals surface area contributed by atoms with Gasteiger partial charge < -0.3 is 25.8 Å². The van der Waals surface area contributed by atoms with E-state index in [4.69, 9.17) is 4.74 Å². The van der Waals surface area contributed by atoms with Gasteiger partial charge in [0.25, 0.3) is 0 Å². The first kappa shape index (κ1) is 29.3. The molecule has 2 aliphatic heterocycles. The Kier molecular flexibility index (Phi) is 11.6. The number of carbonyl (C=O) groups excluding carboxylic acids is 4. The third-order valence-corrected chi connectivity index (χ3v) is 8.61. The van der Waals surface area contributed by atoms with E-state index in [0.29, 0.717) is 18.6 Å². The molecule has 2 heterocycles. The fourth-order valence-electron chi connectivity index (χ4n) is 4.04. The highest BCUT2D eigenvalue weighted by atomic mass is 33.1. The van der Waals surface area contributed by atoms with Crippen LogP contribution in [-0.2, 0) is 23.9 Å². The molecule has 204 valence electrons. The number of allylic oxidation sites excluding steroid dienone is 4. The minimum Gasteiger partial charge on any atom is -0.456 e. The van der Waals surface area contributed by atoms with E-state index in [9.17, 15) is 24.3 Å². The van der Waals surface area contributed by atoms with Gasteiger partial charge in [0, 0.05) is 11.5 Å². The summed E-state index contributed by atoms with van der Waals surface area (Å²) < 4.78 is 5.58. The van der Waals surface area contributed by atoms with Gasteiger partial charge in [-0.3, -0.25) is 24.5 Å². The molecule has 6 unspecified atom stereocenters. The Balaban J connectivity index is 1.94. The molecule has 3 amide bonds. The third kappa shape index (κ3) is 9.51. The number of hydrogen-bond donors (Lipinski definition) is 5. The monoisotopic (exact) mass is 552 g/mol. The lowest BCUT2D eigenvalue weighted by Gasteiger charge is -2.30. The summed E-state index contributed by atoms with van der Waals surface area (Å²) in [5, 5.41) is 22.1. The van der Waals surface area contributed by atoms with E-state index in [1.165, 1.54) is 17.7 Å². The molecule has 3 aliphatic rings. The molecule has 5 N–H and O–H groups in total. The number of carbonyl (C=O) groups is 4. The standard InChI is InChI=1S/C25H36N4O6S2/c1-15-22(31)29-20-14-37-36-11-7-6-10-18(13-21(30)26-15)35-25(34)16(2)27-23(32)19(28-24(20)33)12-17-8-4-3-5-9-17/h3-4,6,8,10,15-16,18-20,23,27,32H,5,7,9,11-14H2,1-2H3,(H,26,30)(H,28,33)(H,29,31)/b10-6+. The molecule has 1 saturated heterocycles. The summed E-state index contributed by atoms with van der Waals surface area (Å²) in [5.41, 5.74) is 1.05. The molecule has 0 aromatic heterocycles. The molecule has 0 spiro atoms. The van der Waals surface area contributed by atoms with Crippen molar-refractivity contribution in [3.05, 3.63) is 36.0 Å². The number of fused-ring (bicyclic) bond motifs is 7. The molecule has 10 nitrogen and oxygen atoms in total. The average molecular weight is 553 g/mol. The van der Waals surface area contributed by atoms with Crippen LogP contribution in [0.1, 0.15) is 46.0 Å². The normalized spacial score (nSPS) is 33.8. The zero-order valence-electron chi connectivity index (χ0n) is 21.1. The van der Waals surface area contributed by atoms with E-state index < -0.39 is 60.2 Å². The molecule has 1 aliphatic carbocycles. The van der Waals surface area contributed by atoms with E-state index in [1.54, 1.807) is 23.8 Å². The Hall–Kier alpha value is -2.28. The van der Waals surface area contributed by atoms with E-state index in [0.717, 1.165) is 24.2 Å². The lowest BCUT2D eigenvalue weighted by molar-refractivity contribution is -0.151. The number of esters is 1. The van der Waals surface area contributed by atoms with Crippen molar-refractivity contribution in [2.45, 2.75) is 82.5 Å². The molecule has 3 rings (SSSR count). The van der Waals surface area contributed by atoms with Crippen LogP contribution >= 0.6 is 21.6 Å². The maximum atomic E-state index is 13.4. The van der Waals surface area contributed by atoms with Crippen LogP contribution in [0.5, 0.6) is 0 Å². The van der Waals surface area contributed by atoms with Crippen LogP contribution in [0.2, 0.25) is 0 Å².